The number of hydrogen-bond acceptors (Lipinski definition) is 11. The zero-order valence-electron chi connectivity index (χ0n) is 27.0. The average molecular weight is 802 g/mol. The summed E-state index contributed by atoms with van der Waals surface area (Å²) in [5.74, 6) is -4.22. The molecule has 0 aromatic carbocycles. The predicted molar refractivity (Wildman–Crippen MR) is 162 cm³/mol. The Labute approximate surface area is 276 Å². The second kappa shape index (κ2) is 19.7. The number of hydrogen-bond donors (Lipinski definition) is 0. The molecule has 3 heterocycles. The molecule has 1 radical (unpaired) electrons. The molecule has 0 aliphatic heterocycles. The van der Waals surface area contributed by atoms with Gasteiger partial charge in [-0.2, -0.15) is 10.2 Å². The van der Waals surface area contributed by atoms with Crippen molar-refractivity contribution in [2.75, 3.05) is 28.4 Å². The zero-order chi connectivity index (χ0) is 33.6. The van der Waals surface area contributed by atoms with Gasteiger partial charge in [0, 0.05) is 22.7 Å². The average Bonchev–Trinajstić information content (AvgIpc) is 3.64. The first-order chi connectivity index (χ1) is 20.7. The number of aryl methyl sites for hydroxylation is 6. The Bertz CT molecular complexity index is 1490. The molecule has 3 aromatic rings. The molecule has 0 fully saturated rings. The molecule has 0 N–H and O–H groups in total. The first kappa shape index (κ1) is 40.4. The van der Waals surface area contributed by atoms with E-state index in [9.17, 15) is 19.2 Å². The van der Waals surface area contributed by atoms with Gasteiger partial charge in [-0.25, -0.2) is 4.79 Å². The molecule has 0 unspecified atom stereocenters. The van der Waals surface area contributed by atoms with E-state index in [1.165, 1.54) is 11.4 Å². The standard InChI is InChI=1S/C14H15O8.C10H15BN4.C5H7N2.Ir.H/c1-6-8(12(16)20-3)11(14(18)22-5)9(13(17)21-4)7-10(15)19-2;1-7-5-9(3)14(12-7)11-15-10(4)6-8(2)13-15;1-4-3-5(2)7-6-4;;/h6H,1H2,2-5H3;5-6,11H,1-4H3;3H,1-2H3;;/q-1;;-1;+2;/b11-8-;;;;. The third-order valence-corrected chi connectivity index (χ3v) is 5.58. The van der Waals surface area contributed by atoms with E-state index in [1.807, 2.05) is 49.0 Å². The molecule has 3 aromatic heterocycles. The monoisotopic (exact) mass is 802 g/mol. The SMILES string of the molecule is C=C/C(C(=O)OC)=C(/C(=O)OC)C(=[C-]C(=O)OC)C(=O)OC.Cc1cc(C)[n-]n1.Cc1cc(C)n(Bn2nc(C)cc2C)n1.[IrH+2]. The fourth-order valence-electron chi connectivity index (χ4n) is 3.60. The summed E-state index contributed by atoms with van der Waals surface area (Å²) < 4.78 is 21.7. The van der Waals surface area contributed by atoms with Crippen LogP contribution in [0.15, 0.2) is 47.6 Å². The Kier molecular flexibility index (Phi) is 17.7. The van der Waals surface area contributed by atoms with Crippen molar-refractivity contribution < 1.29 is 58.2 Å². The van der Waals surface area contributed by atoms with Gasteiger partial charge in [0.2, 0.25) is 5.97 Å². The number of carbonyl (C=O) groups is 4. The molecule has 244 valence electrons. The van der Waals surface area contributed by atoms with Crippen molar-refractivity contribution in [2.24, 2.45) is 0 Å². The van der Waals surface area contributed by atoms with Gasteiger partial charge in [-0.05, 0) is 52.3 Å². The van der Waals surface area contributed by atoms with Crippen LogP contribution in [0.25, 0.3) is 0 Å². The summed E-state index contributed by atoms with van der Waals surface area (Å²) in [6.45, 7) is 15.4. The van der Waals surface area contributed by atoms with Gasteiger partial charge in [0.25, 0.3) is 11.9 Å². The van der Waals surface area contributed by atoms with Gasteiger partial charge in [-0.3, -0.25) is 18.8 Å². The summed E-state index contributed by atoms with van der Waals surface area (Å²) in [7, 11) is 4.83. The Hall–Kier alpha value is -4.56. The molecule has 45 heavy (non-hydrogen) atoms. The van der Waals surface area contributed by atoms with Crippen molar-refractivity contribution in [3.8, 4) is 0 Å². The summed E-state index contributed by atoms with van der Waals surface area (Å²) in [5, 5.41) is 16.4. The quantitative estimate of drug-likeness (QED) is 0.0801. The van der Waals surface area contributed by atoms with Crippen molar-refractivity contribution in [1.82, 2.24) is 29.6 Å². The van der Waals surface area contributed by atoms with E-state index in [0.717, 1.165) is 57.3 Å². The zero-order valence-corrected chi connectivity index (χ0v) is 29.6. The minimum absolute atomic E-state index is 0. The fraction of sp³-hybridized carbons (Fsp3) is 0.345. The predicted octanol–water partition coefficient (Wildman–Crippen LogP) is 1.25. The topological polar surface area (TPSA) is 168 Å². The summed E-state index contributed by atoms with van der Waals surface area (Å²) in [5.41, 5.74) is 4.80. The van der Waals surface area contributed by atoms with E-state index in [0.29, 0.717) is 7.55 Å². The van der Waals surface area contributed by atoms with E-state index in [4.69, 9.17) is 0 Å². The minimum atomic E-state index is -1.10. The molecule has 3 rings (SSSR count). The molecule has 0 amide bonds. The maximum absolute atomic E-state index is 11.9. The van der Waals surface area contributed by atoms with Crippen molar-refractivity contribution >= 4 is 31.4 Å². The number of rotatable bonds is 8. The van der Waals surface area contributed by atoms with Crippen LogP contribution >= 0.6 is 0 Å². The molecule has 0 bridgehead atoms. The number of ether oxygens (including phenoxy) is 4. The Morgan fingerprint density at radius 2 is 1.27 bits per heavy atom. The van der Waals surface area contributed by atoms with Gasteiger partial charge in [-0.15, -0.1) is 5.69 Å². The molecule has 0 atom stereocenters. The molecule has 14 nitrogen and oxygen atoms in total. The fourth-order valence-corrected chi connectivity index (χ4v) is 3.60. The van der Waals surface area contributed by atoms with Crippen LogP contribution in [0.3, 0.4) is 0 Å². The normalized spacial score (nSPS) is 10.8. The second-order valence-corrected chi connectivity index (χ2v) is 9.08. The van der Waals surface area contributed by atoms with E-state index >= 15 is 0 Å². The van der Waals surface area contributed by atoms with Crippen LogP contribution in [-0.4, -0.2) is 84.3 Å². The van der Waals surface area contributed by atoms with Crippen LogP contribution in [0, 0.1) is 47.6 Å². The third kappa shape index (κ3) is 12.5. The van der Waals surface area contributed by atoms with Crippen LogP contribution in [-0.2, 0) is 58.2 Å². The number of aromatic nitrogens is 6. The van der Waals surface area contributed by atoms with Gasteiger partial charge in [0.15, 0.2) is 0 Å². The number of carbonyl (C=O) groups excluding carboxylic acids is 4. The van der Waals surface area contributed by atoms with E-state index in [2.05, 4.69) is 71.9 Å². The van der Waals surface area contributed by atoms with Crippen LogP contribution in [0.2, 0.25) is 0 Å². The van der Waals surface area contributed by atoms with Gasteiger partial charge < -0.3 is 33.9 Å². The molecular formula is C29H38BIrN6O8. The van der Waals surface area contributed by atoms with E-state index < -0.39 is 40.6 Å². The van der Waals surface area contributed by atoms with Gasteiger partial charge in [0.05, 0.1) is 39.8 Å². The Morgan fingerprint density at radius 1 is 0.778 bits per heavy atom. The first-order valence-electron chi connectivity index (χ1n) is 13.0. The summed E-state index contributed by atoms with van der Waals surface area (Å²) in [6.07, 6.45) is 2.97. The third-order valence-electron chi connectivity index (χ3n) is 5.58. The maximum atomic E-state index is 11.9. The van der Waals surface area contributed by atoms with Crippen molar-refractivity contribution in [1.29, 1.82) is 0 Å². The molecule has 16 heteroatoms. The first-order valence-corrected chi connectivity index (χ1v) is 13.0. The van der Waals surface area contributed by atoms with E-state index in [-0.39, 0.29) is 20.1 Å². The van der Waals surface area contributed by atoms with Gasteiger partial charge in [0.1, 0.15) is 0 Å². The molecule has 0 saturated carbocycles. The molecule has 0 aliphatic carbocycles. The molecule has 0 spiro atoms. The summed E-state index contributed by atoms with van der Waals surface area (Å²) in [6, 6.07) is 6.09. The molecule has 0 saturated heterocycles. The Balaban J connectivity index is 0.000000717. The van der Waals surface area contributed by atoms with Crippen molar-refractivity contribution in [2.45, 2.75) is 41.5 Å². The van der Waals surface area contributed by atoms with E-state index in [1.54, 1.807) is 0 Å². The second-order valence-electron chi connectivity index (χ2n) is 9.08. The van der Waals surface area contributed by atoms with Gasteiger partial charge in [-0.1, -0.05) is 37.3 Å². The van der Waals surface area contributed by atoms with Crippen LogP contribution in [0.4, 0.5) is 0 Å². The number of nitrogens with zero attached hydrogens (tertiary/aromatic N) is 6. The summed E-state index contributed by atoms with van der Waals surface area (Å²) in [4.78, 5) is 46.7. The van der Waals surface area contributed by atoms with Crippen LogP contribution < -0.4 is 5.10 Å². The van der Waals surface area contributed by atoms with Gasteiger partial charge >= 0.3 is 33.6 Å². The van der Waals surface area contributed by atoms with Crippen molar-refractivity contribution in [3.05, 3.63) is 87.8 Å². The van der Waals surface area contributed by atoms with Crippen LogP contribution in [0.5, 0.6) is 0 Å². The number of esters is 4. The van der Waals surface area contributed by atoms with Crippen LogP contribution in [0.1, 0.15) is 34.2 Å². The molecule has 0 aliphatic rings. The number of methoxy groups -OCH3 is 4. The summed E-state index contributed by atoms with van der Waals surface area (Å²) >= 11 is 0. The Morgan fingerprint density at radius 3 is 1.56 bits per heavy atom. The molecular weight excluding hydrogens is 763 g/mol. The van der Waals surface area contributed by atoms with Crippen molar-refractivity contribution in [3.63, 3.8) is 0 Å².